The lowest BCUT2D eigenvalue weighted by molar-refractivity contribution is 0.0844. The van der Waals surface area contributed by atoms with Crippen LogP contribution in [-0.2, 0) is 5.41 Å². The summed E-state index contributed by atoms with van der Waals surface area (Å²) in [5.74, 6) is 0.637. The van der Waals surface area contributed by atoms with Crippen LogP contribution in [0.5, 0.6) is 5.75 Å². The first-order valence-electron chi connectivity index (χ1n) is 6.57. The second-order valence-electron chi connectivity index (χ2n) is 6.58. The Kier molecular flexibility index (Phi) is 4.41. The number of methoxy groups -OCH3 is 1. The predicted molar refractivity (Wildman–Crippen MR) is 78.9 cm³/mol. The molecule has 0 amide bonds. The number of carbonyl (C=O) groups excluding carboxylic acids is 1. The molecule has 1 aromatic rings. The standard InChI is InChI=1S/C16H25NO2/c1-15(2,3)11-7-8-13(19-6)12(9-11)14(18)16(4,5)10-17/h7-9H,10,17H2,1-6H3. The second kappa shape index (κ2) is 5.33. The zero-order chi connectivity index (χ0) is 14.8. The van der Waals surface area contributed by atoms with Gasteiger partial charge in [0.1, 0.15) is 5.75 Å². The van der Waals surface area contributed by atoms with Crippen LogP contribution in [0.25, 0.3) is 0 Å². The maximum absolute atomic E-state index is 12.6. The minimum Gasteiger partial charge on any atom is -0.496 e. The zero-order valence-corrected chi connectivity index (χ0v) is 12.8. The van der Waals surface area contributed by atoms with Crippen LogP contribution < -0.4 is 10.5 Å². The molecule has 0 aliphatic carbocycles. The average molecular weight is 263 g/mol. The van der Waals surface area contributed by atoms with Crippen molar-refractivity contribution in [3.63, 3.8) is 0 Å². The van der Waals surface area contributed by atoms with Crippen LogP contribution in [0.4, 0.5) is 0 Å². The van der Waals surface area contributed by atoms with Gasteiger partial charge in [-0.05, 0) is 23.1 Å². The zero-order valence-electron chi connectivity index (χ0n) is 12.8. The summed E-state index contributed by atoms with van der Waals surface area (Å²) in [6, 6.07) is 5.80. The molecule has 0 heterocycles. The number of nitrogens with two attached hydrogens (primary N) is 1. The number of rotatable bonds is 4. The van der Waals surface area contributed by atoms with E-state index in [-0.39, 0.29) is 11.2 Å². The summed E-state index contributed by atoms with van der Waals surface area (Å²) in [4.78, 5) is 12.6. The van der Waals surface area contributed by atoms with Crippen molar-refractivity contribution >= 4 is 5.78 Å². The highest BCUT2D eigenvalue weighted by atomic mass is 16.5. The van der Waals surface area contributed by atoms with Gasteiger partial charge in [-0.15, -0.1) is 0 Å². The maximum Gasteiger partial charge on any atom is 0.173 e. The molecule has 1 aromatic carbocycles. The number of Topliss-reactive ketones (excluding diaryl/α,β-unsaturated/α-hetero) is 1. The number of carbonyl (C=O) groups is 1. The Balaban J connectivity index is 3.36. The molecule has 19 heavy (non-hydrogen) atoms. The van der Waals surface area contributed by atoms with Gasteiger partial charge in [0.2, 0.25) is 0 Å². The molecule has 0 radical (unpaired) electrons. The molecule has 0 aliphatic rings. The Bertz CT molecular complexity index is 470. The van der Waals surface area contributed by atoms with Crippen molar-refractivity contribution in [3.8, 4) is 5.75 Å². The smallest absolute Gasteiger partial charge is 0.173 e. The van der Waals surface area contributed by atoms with E-state index in [4.69, 9.17) is 10.5 Å². The Hall–Kier alpha value is -1.35. The van der Waals surface area contributed by atoms with E-state index in [0.717, 1.165) is 5.56 Å². The van der Waals surface area contributed by atoms with Crippen LogP contribution in [-0.4, -0.2) is 19.4 Å². The van der Waals surface area contributed by atoms with Crippen molar-refractivity contribution in [2.75, 3.05) is 13.7 Å². The Morgan fingerprint density at radius 1 is 1.21 bits per heavy atom. The monoisotopic (exact) mass is 263 g/mol. The topological polar surface area (TPSA) is 52.3 Å². The highest BCUT2D eigenvalue weighted by Crippen LogP contribution is 2.32. The third-order valence-corrected chi connectivity index (χ3v) is 3.44. The number of hydrogen-bond donors (Lipinski definition) is 1. The van der Waals surface area contributed by atoms with E-state index >= 15 is 0 Å². The highest BCUT2D eigenvalue weighted by molar-refractivity contribution is 6.02. The molecular formula is C16H25NO2. The summed E-state index contributed by atoms with van der Waals surface area (Å²) in [6.07, 6.45) is 0. The minimum atomic E-state index is -0.580. The van der Waals surface area contributed by atoms with Crippen molar-refractivity contribution in [2.24, 2.45) is 11.1 Å². The summed E-state index contributed by atoms with van der Waals surface area (Å²) in [5.41, 5.74) is 6.84. The fourth-order valence-corrected chi connectivity index (χ4v) is 1.81. The first-order valence-corrected chi connectivity index (χ1v) is 6.57. The molecule has 0 saturated carbocycles. The number of ketones is 1. The molecule has 0 saturated heterocycles. The number of benzene rings is 1. The number of hydrogen-bond acceptors (Lipinski definition) is 3. The van der Waals surface area contributed by atoms with E-state index in [1.165, 1.54) is 0 Å². The molecule has 0 aliphatic heterocycles. The fourth-order valence-electron chi connectivity index (χ4n) is 1.81. The van der Waals surface area contributed by atoms with Crippen molar-refractivity contribution in [1.82, 2.24) is 0 Å². The third kappa shape index (κ3) is 3.35. The molecule has 3 nitrogen and oxygen atoms in total. The number of ether oxygens (including phenoxy) is 1. The lowest BCUT2D eigenvalue weighted by Crippen LogP contribution is -2.33. The average Bonchev–Trinajstić information content (AvgIpc) is 2.35. The van der Waals surface area contributed by atoms with Gasteiger partial charge in [0.15, 0.2) is 5.78 Å². The van der Waals surface area contributed by atoms with Gasteiger partial charge in [-0.2, -0.15) is 0 Å². The molecule has 0 atom stereocenters. The van der Waals surface area contributed by atoms with E-state index < -0.39 is 5.41 Å². The Labute approximate surface area is 116 Å². The Morgan fingerprint density at radius 2 is 1.79 bits per heavy atom. The molecule has 3 heteroatoms. The molecule has 0 fully saturated rings. The summed E-state index contributed by atoms with van der Waals surface area (Å²) >= 11 is 0. The van der Waals surface area contributed by atoms with Gasteiger partial charge in [-0.1, -0.05) is 40.7 Å². The van der Waals surface area contributed by atoms with Gasteiger partial charge in [0.05, 0.1) is 12.7 Å². The van der Waals surface area contributed by atoms with E-state index in [1.54, 1.807) is 7.11 Å². The minimum absolute atomic E-state index is 0.00579. The SMILES string of the molecule is COc1ccc(C(C)(C)C)cc1C(=O)C(C)(C)CN. The third-order valence-electron chi connectivity index (χ3n) is 3.44. The normalized spacial score (nSPS) is 12.4. The van der Waals surface area contributed by atoms with Gasteiger partial charge in [-0.25, -0.2) is 0 Å². The van der Waals surface area contributed by atoms with Crippen LogP contribution >= 0.6 is 0 Å². The Morgan fingerprint density at radius 3 is 2.21 bits per heavy atom. The van der Waals surface area contributed by atoms with E-state index in [1.807, 2.05) is 32.0 Å². The van der Waals surface area contributed by atoms with Crippen LogP contribution in [0, 0.1) is 5.41 Å². The lowest BCUT2D eigenvalue weighted by Gasteiger charge is -2.25. The van der Waals surface area contributed by atoms with Gasteiger partial charge >= 0.3 is 0 Å². The maximum atomic E-state index is 12.6. The fraction of sp³-hybridized carbons (Fsp3) is 0.562. The molecule has 106 valence electrons. The van der Waals surface area contributed by atoms with Crippen LogP contribution in [0.15, 0.2) is 18.2 Å². The largest absolute Gasteiger partial charge is 0.496 e. The van der Waals surface area contributed by atoms with E-state index in [0.29, 0.717) is 17.9 Å². The molecule has 0 unspecified atom stereocenters. The van der Waals surface area contributed by atoms with Crippen molar-refractivity contribution in [2.45, 2.75) is 40.0 Å². The molecule has 0 aromatic heterocycles. The predicted octanol–water partition coefficient (Wildman–Crippen LogP) is 3.16. The van der Waals surface area contributed by atoms with E-state index in [9.17, 15) is 4.79 Å². The van der Waals surface area contributed by atoms with Crippen molar-refractivity contribution in [1.29, 1.82) is 0 Å². The van der Waals surface area contributed by atoms with Crippen LogP contribution in [0.3, 0.4) is 0 Å². The van der Waals surface area contributed by atoms with Gasteiger partial charge in [0, 0.05) is 12.0 Å². The molecule has 1 rings (SSSR count). The summed E-state index contributed by atoms with van der Waals surface area (Å²) in [6.45, 7) is 10.4. The van der Waals surface area contributed by atoms with Crippen LogP contribution in [0.2, 0.25) is 0 Å². The van der Waals surface area contributed by atoms with E-state index in [2.05, 4.69) is 20.8 Å². The lowest BCUT2D eigenvalue weighted by atomic mass is 9.80. The summed E-state index contributed by atoms with van der Waals surface area (Å²) < 4.78 is 5.31. The molecule has 2 N–H and O–H groups in total. The van der Waals surface area contributed by atoms with Crippen molar-refractivity contribution in [3.05, 3.63) is 29.3 Å². The van der Waals surface area contributed by atoms with Gasteiger partial charge < -0.3 is 10.5 Å². The van der Waals surface area contributed by atoms with Gasteiger partial charge in [0.25, 0.3) is 0 Å². The first-order chi connectivity index (χ1) is 8.63. The quantitative estimate of drug-likeness (QED) is 0.849. The molecular weight excluding hydrogens is 238 g/mol. The molecule has 0 spiro atoms. The van der Waals surface area contributed by atoms with Crippen LogP contribution in [0.1, 0.15) is 50.5 Å². The van der Waals surface area contributed by atoms with Gasteiger partial charge in [-0.3, -0.25) is 4.79 Å². The summed E-state index contributed by atoms with van der Waals surface area (Å²) in [5, 5.41) is 0. The second-order valence-corrected chi connectivity index (χ2v) is 6.58. The molecule has 0 bridgehead atoms. The first kappa shape index (κ1) is 15.7. The summed E-state index contributed by atoms with van der Waals surface area (Å²) in [7, 11) is 1.58. The highest BCUT2D eigenvalue weighted by Gasteiger charge is 2.30. The van der Waals surface area contributed by atoms with Crippen molar-refractivity contribution < 1.29 is 9.53 Å².